The fourth-order valence-electron chi connectivity index (χ4n) is 1.73. The van der Waals surface area contributed by atoms with Crippen LogP contribution in [0.3, 0.4) is 0 Å². The van der Waals surface area contributed by atoms with Crippen LogP contribution < -0.4 is 4.74 Å². The van der Waals surface area contributed by atoms with Crippen LogP contribution in [-0.2, 0) is 4.74 Å². The van der Waals surface area contributed by atoms with Crippen molar-refractivity contribution in [2.45, 2.75) is 6.36 Å². The van der Waals surface area contributed by atoms with Gasteiger partial charge in [-0.15, -0.1) is 13.2 Å². The summed E-state index contributed by atoms with van der Waals surface area (Å²) >= 11 is 0. The number of methoxy groups -OCH3 is 1. The van der Waals surface area contributed by atoms with Crippen molar-refractivity contribution in [3.05, 3.63) is 47.9 Å². The summed E-state index contributed by atoms with van der Waals surface area (Å²) < 4.78 is 58.5. The van der Waals surface area contributed by atoms with Crippen molar-refractivity contribution in [2.24, 2.45) is 0 Å². The molecule has 116 valence electrons. The smallest absolute Gasteiger partial charge is 0.465 e. The van der Waals surface area contributed by atoms with E-state index in [1.54, 1.807) is 0 Å². The second-order valence-electron chi connectivity index (χ2n) is 4.08. The molecule has 0 aliphatic carbocycles. The van der Waals surface area contributed by atoms with Crippen molar-refractivity contribution < 1.29 is 31.8 Å². The molecule has 8 heteroatoms. The average Bonchev–Trinajstić information content (AvgIpc) is 2.46. The Morgan fingerprint density at radius 3 is 2.32 bits per heavy atom. The molecule has 0 aliphatic heterocycles. The molecule has 0 bridgehead atoms. The predicted octanol–water partition coefficient (Wildman–Crippen LogP) is 3.57. The number of pyridine rings is 1. The van der Waals surface area contributed by atoms with Crippen LogP contribution in [0.15, 0.2) is 36.5 Å². The normalized spacial score (nSPS) is 11.1. The van der Waals surface area contributed by atoms with E-state index in [9.17, 15) is 22.4 Å². The van der Waals surface area contributed by atoms with Crippen LogP contribution >= 0.6 is 0 Å². The van der Waals surface area contributed by atoms with E-state index < -0.39 is 23.9 Å². The molecule has 0 spiro atoms. The summed E-state index contributed by atoms with van der Waals surface area (Å²) in [7, 11) is 1.10. The molecular formula is C14H9F4NO3. The first kappa shape index (κ1) is 15.7. The zero-order chi connectivity index (χ0) is 16.3. The highest BCUT2D eigenvalue weighted by molar-refractivity contribution is 5.90. The average molecular weight is 315 g/mol. The number of aromatic nitrogens is 1. The van der Waals surface area contributed by atoms with Crippen molar-refractivity contribution in [3.63, 3.8) is 0 Å². The first-order chi connectivity index (χ1) is 10.3. The lowest BCUT2D eigenvalue weighted by Crippen LogP contribution is -2.16. The number of benzene rings is 1. The van der Waals surface area contributed by atoms with Crippen molar-refractivity contribution in [1.82, 2.24) is 4.98 Å². The van der Waals surface area contributed by atoms with E-state index in [4.69, 9.17) is 0 Å². The molecule has 0 saturated carbocycles. The highest BCUT2D eigenvalue weighted by atomic mass is 19.4. The van der Waals surface area contributed by atoms with E-state index in [0.29, 0.717) is 0 Å². The Hall–Kier alpha value is -2.64. The van der Waals surface area contributed by atoms with Gasteiger partial charge in [0.1, 0.15) is 11.4 Å². The maximum Gasteiger partial charge on any atom is 0.573 e. The molecule has 0 radical (unpaired) electrons. The van der Waals surface area contributed by atoms with Crippen LogP contribution in [0, 0.1) is 5.82 Å². The second kappa shape index (κ2) is 6.00. The Bertz CT molecular complexity index is 683. The number of halogens is 4. The van der Waals surface area contributed by atoms with Gasteiger partial charge in [0.05, 0.1) is 12.7 Å². The minimum atomic E-state index is -4.81. The SMILES string of the molecule is COC(=O)c1ccnc(-c2ccc(OC(F)(F)F)cc2)c1F. The number of hydrogen-bond acceptors (Lipinski definition) is 4. The molecule has 0 aliphatic rings. The van der Waals surface area contributed by atoms with Crippen LogP contribution in [0.25, 0.3) is 11.3 Å². The molecule has 2 aromatic rings. The number of carbonyl (C=O) groups excluding carboxylic acids is 1. The first-order valence-electron chi connectivity index (χ1n) is 5.91. The standard InChI is InChI=1S/C14H9F4NO3/c1-21-13(20)10-6-7-19-12(11(10)15)8-2-4-9(5-3-8)22-14(16,17)18/h2-7H,1H3. The minimum Gasteiger partial charge on any atom is -0.465 e. The van der Waals surface area contributed by atoms with Gasteiger partial charge in [-0.2, -0.15) is 0 Å². The van der Waals surface area contributed by atoms with Gasteiger partial charge in [0.2, 0.25) is 0 Å². The maximum atomic E-state index is 14.2. The number of nitrogens with zero attached hydrogens (tertiary/aromatic N) is 1. The summed E-state index contributed by atoms with van der Waals surface area (Å²) in [6.07, 6.45) is -3.61. The van der Waals surface area contributed by atoms with Crippen molar-refractivity contribution in [1.29, 1.82) is 0 Å². The highest BCUT2D eigenvalue weighted by Gasteiger charge is 2.31. The third-order valence-electron chi connectivity index (χ3n) is 2.66. The lowest BCUT2D eigenvalue weighted by atomic mass is 10.1. The Morgan fingerprint density at radius 1 is 1.14 bits per heavy atom. The lowest BCUT2D eigenvalue weighted by Gasteiger charge is -2.10. The van der Waals surface area contributed by atoms with Gasteiger partial charge in [0, 0.05) is 11.8 Å². The molecule has 0 saturated heterocycles. The van der Waals surface area contributed by atoms with Gasteiger partial charge in [-0.25, -0.2) is 9.18 Å². The summed E-state index contributed by atoms with van der Waals surface area (Å²) in [6, 6.07) is 5.59. The summed E-state index contributed by atoms with van der Waals surface area (Å²) in [4.78, 5) is 15.2. The second-order valence-corrected chi connectivity index (χ2v) is 4.08. The molecule has 22 heavy (non-hydrogen) atoms. The third kappa shape index (κ3) is 3.51. The molecule has 4 nitrogen and oxygen atoms in total. The molecule has 1 aromatic carbocycles. The van der Waals surface area contributed by atoms with Crippen LogP contribution in [0.1, 0.15) is 10.4 Å². The van der Waals surface area contributed by atoms with E-state index in [1.165, 1.54) is 18.3 Å². The van der Waals surface area contributed by atoms with Gasteiger partial charge in [-0.05, 0) is 30.3 Å². The maximum absolute atomic E-state index is 14.2. The number of carbonyl (C=O) groups is 1. The van der Waals surface area contributed by atoms with Gasteiger partial charge in [-0.1, -0.05) is 0 Å². The van der Waals surface area contributed by atoms with Crippen molar-refractivity contribution in [3.8, 4) is 17.0 Å². The van der Waals surface area contributed by atoms with E-state index >= 15 is 0 Å². The van der Waals surface area contributed by atoms with E-state index in [1.807, 2.05) is 0 Å². The minimum absolute atomic E-state index is 0.179. The largest absolute Gasteiger partial charge is 0.573 e. The highest BCUT2D eigenvalue weighted by Crippen LogP contribution is 2.27. The van der Waals surface area contributed by atoms with Gasteiger partial charge in [0.15, 0.2) is 5.82 Å². The molecule has 0 unspecified atom stereocenters. The van der Waals surface area contributed by atoms with E-state index in [0.717, 1.165) is 25.3 Å². The third-order valence-corrected chi connectivity index (χ3v) is 2.66. The molecular weight excluding hydrogens is 306 g/mol. The fourth-order valence-corrected chi connectivity index (χ4v) is 1.73. The van der Waals surface area contributed by atoms with Crippen molar-refractivity contribution in [2.75, 3.05) is 7.11 Å². The fraction of sp³-hybridized carbons (Fsp3) is 0.143. The number of alkyl halides is 3. The zero-order valence-corrected chi connectivity index (χ0v) is 11.1. The van der Waals surface area contributed by atoms with E-state index in [-0.39, 0.29) is 16.8 Å². The number of rotatable bonds is 3. The Balaban J connectivity index is 2.35. The molecule has 0 N–H and O–H groups in total. The van der Waals surface area contributed by atoms with Gasteiger partial charge < -0.3 is 9.47 Å². The molecule has 2 rings (SSSR count). The Labute approximate surface area is 122 Å². The number of esters is 1. The van der Waals surface area contributed by atoms with Gasteiger partial charge in [-0.3, -0.25) is 4.98 Å². The van der Waals surface area contributed by atoms with Gasteiger partial charge >= 0.3 is 12.3 Å². The van der Waals surface area contributed by atoms with Crippen LogP contribution in [-0.4, -0.2) is 24.4 Å². The number of ether oxygens (including phenoxy) is 2. The molecule has 1 heterocycles. The van der Waals surface area contributed by atoms with Crippen molar-refractivity contribution >= 4 is 5.97 Å². The monoisotopic (exact) mass is 315 g/mol. The Morgan fingerprint density at radius 2 is 1.77 bits per heavy atom. The predicted molar refractivity (Wildman–Crippen MR) is 67.7 cm³/mol. The molecule has 0 atom stereocenters. The summed E-state index contributed by atoms with van der Waals surface area (Å²) in [5.41, 5.74) is -0.303. The van der Waals surface area contributed by atoms with Crippen LogP contribution in [0.5, 0.6) is 5.75 Å². The number of hydrogen-bond donors (Lipinski definition) is 0. The molecule has 1 aromatic heterocycles. The zero-order valence-electron chi connectivity index (χ0n) is 11.1. The summed E-state index contributed by atoms with van der Waals surface area (Å²) in [5.74, 6) is -2.24. The quantitative estimate of drug-likeness (QED) is 0.642. The van der Waals surface area contributed by atoms with E-state index in [2.05, 4.69) is 14.5 Å². The van der Waals surface area contributed by atoms with Crippen LogP contribution in [0.2, 0.25) is 0 Å². The topological polar surface area (TPSA) is 48.4 Å². The summed E-state index contributed by atoms with van der Waals surface area (Å²) in [5, 5.41) is 0. The van der Waals surface area contributed by atoms with Gasteiger partial charge in [0.25, 0.3) is 0 Å². The molecule has 0 fully saturated rings. The van der Waals surface area contributed by atoms with Crippen LogP contribution in [0.4, 0.5) is 17.6 Å². The lowest BCUT2D eigenvalue weighted by molar-refractivity contribution is -0.274. The Kier molecular flexibility index (Phi) is 4.30. The molecule has 0 amide bonds. The summed E-state index contributed by atoms with van der Waals surface area (Å²) in [6.45, 7) is 0. The first-order valence-corrected chi connectivity index (χ1v) is 5.91.